The summed E-state index contributed by atoms with van der Waals surface area (Å²) in [5.74, 6) is -0.912. The maximum Gasteiger partial charge on any atom is 0.335 e. The molecule has 0 saturated carbocycles. The van der Waals surface area contributed by atoms with Gasteiger partial charge < -0.3 is 16.2 Å². The highest BCUT2D eigenvalue weighted by Crippen LogP contribution is 2.28. The van der Waals surface area contributed by atoms with E-state index < -0.39 is 5.97 Å². The molecule has 1 aromatic rings. The molecular formula is C10H12N2O2. The highest BCUT2D eigenvalue weighted by molar-refractivity contribution is 5.88. The number of carboxylic acid groups (broad SMARTS) is 1. The summed E-state index contributed by atoms with van der Waals surface area (Å²) < 4.78 is 0. The standard InChI is InChI=1S/C10H12N2O2/c11-8-3-4-12-9-2-1-6(10(13)14)5-7(8)9/h1-2,5,8,12H,3-4,11H2,(H,13,14)/t8-/m1/s1. The molecule has 4 N–H and O–H groups in total. The molecule has 0 aliphatic carbocycles. The number of benzene rings is 1. The number of rotatable bonds is 1. The maximum absolute atomic E-state index is 10.7. The third kappa shape index (κ3) is 1.44. The van der Waals surface area contributed by atoms with Gasteiger partial charge in [0, 0.05) is 18.3 Å². The van der Waals surface area contributed by atoms with Crippen LogP contribution in [0.4, 0.5) is 5.69 Å². The van der Waals surface area contributed by atoms with Crippen molar-refractivity contribution in [2.75, 3.05) is 11.9 Å². The van der Waals surface area contributed by atoms with Crippen LogP contribution in [0.1, 0.15) is 28.4 Å². The molecule has 1 heterocycles. The van der Waals surface area contributed by atoms with Crippen molar-refractivity contribution in [1.29, 1.82) is 0 Å². The summed E-state index contributed by atoms with van der Waals surface area (Å²) in [5, 5.41) is 12.0. The average molecular weight is 192 g/mol. The summed E-state index contributed by atoms with van der Waals surface area (Å²) in [6, 6.07) is 4.96. The number of carbonyl (C=O) groups is 1. The number of carboxylic acids is 1. The third-order valence-corrected chi connectivity index (χ3v) is 2.47. The Bertz CT molecular complexity index is 376. The van der Waals surface area contributed by atoms with Gasteiger partial charge in [0.1, 0.15) is 0 Å². The second-order valence-corrected chi connectivity index (χ2v) is 3.43. The van der Waals surface area contributed by atoms with Crippen LogP contribution in [0.3, 0.4) is 0 Å². The van der Waals surface area contributed by atoms with Crippen LogP contribution in [0, 0.1) is 0 Å². The molecule has 0 spiro atoms. The van der Waals surface area contributed by atoms with Gasteiger partial charge in [-0.3, -0.25) is 0 Å². The molecule has 0 radical (unpaired) electrons. The number of fused-ring (bicyclic) bond motifs is 1. The molecule has 1 aliphatic rings. The summed E-state index contributed by atoms with van der Waals surface area (Å²) in [7, 11) is 0. The molecule has 0 aromatic heterocycles. The monoisotopic (exact) mass is 192 g/mol. The highest BCUT2D eigenvalue weighted by atomic mass is 16.4. The van der Waals surface area contributed by atoms with Gasteiger partial charge in [-0.2, -0.15) is 0 Å². The van der Waals surface area contributed by atoms with Crippen LogP contribution in [0.2, 0.25) is 0 Å². The molecule has 74 valence electrons. The fourth-order valence-electron chi connectivity index (χ4n) is 1.68. The first-order chi connectivity index (χ1) is 6.68. The van der Waals surface area contributed by atoms with E-state index >= 15 is 0 Å². The Morgan fingerprint density at radius 3 is 3.07 bits per heavy atom. The van der Waals surface area contributed by atoms with Crippen molar-refractivity contribution < 1.29 is 9.90 Å². The van der Waals surface area contributed by atoms with Gasteiger partial charge >= 0.3 is 5.97 Å². The molecule has 4 heteroatoms. The van der Waals surface area contributed by atoms with Gasteiger partial charge in [0.2, 0.25) is 0 Å². The number of hydrogen-bond acceptors (Lipinski definition) is 3. The third-order valence-electron chi connectivity index (χ3n) is 2.47. The molecule has 4 nitrogen and oxygen atoms in total. The first-order valence-corrected chi connectivity index (χ1v) is 4.55. The second-order valence-electron chi connectivity index (χ2n) is 3.43. The Kier molecular flexibility index (Phi) is 2.13. The molecule has 1 aromatic carbocycles. The van der Waals surface area contributed by atoms with Crippen molar-refractivity contribution in [2.24, 2.45) is 5.73 Å². The summed E-state index contributed by atoms with van der Waals surface area (Å²) in [4.78, 5) is 10.7. The maximum atomic E-state index is 10.7. The Hall–Kier alpha value is -1.55. The van der Waals surface area contributed by atoms with Crippen molar-refractivity contribution in [3.8, 4) is 0 Å². The fraction of sp³-hybridized carbons (Fsp3) is 0.300. The molecule has 0 unspecified atom stereocenters. The minimum absolute atomic E-state index is 0.0504. The van der Waals surface area contributed by atoms with E-state index in [0.717, 1.165) is 24.2 Å². The van der Waals surface area contributed by atoms with E-state index in [-0.39, 0.29) is 6.04 Å². The predicted molar refractivity (Wildman–Crippen MR) is 53.4 cm³/mol. The van der Waals surface area contributed by atoms with Gasteiger partial charge in [0.05, 0.1) is 5.56 Å². The SMILES string of the molecule is N[C@@H]1CCNc2ccc(C(=O)O)cc21. The van der Waals surface area contributed by atoms with Crippen LogP contribution < -0.4 is 11.1 Å². The zero-order valence-corrected chi connectivity index (χ0v) is 7.66. The molecule has 14 heavy (non-hydrogen) atoms. The lowest BCUT2D eigenvalue weighted by Gasteiger charge is -2.23. The van der Waals surface area contributed by atoms with Crippen molar-refractivity contribution in [3.05, 3.63) is 29.3 Å². The molecule has 0 bridgehead atoms. The Balaban J connectivity index is 2.45. The van der Waals surface area contributed by atoms with Gasteiger partial charge in [-0.15, -0.1) is 0 Å². The molecule has 0 fully saturated rings. The van der Waals surface area contributed by atoms with Gasteiger partial charge in [-0.25, -0.2) is 4.79 Å². The van der Waals surface area contributed by atoms with Crippen LogP contribution in [-0.4, -0.2) is 17.6 Å². The van der Waals surface area contributed by atoms with Crippen LogP contribution in [0.5, 0.6) is 0 Å². The number of nitrogens with two attached hydrogens (primary N) is 1. The van der Waals surface area contributed by atoms with E-state index in [9.17, 15) is 4.79 Å². The van der Waals surface area contributed by atoms with Crippen LogP contribution in [0.15, 0.2) is 18.2 Å². The normalized spacial score (nSPS) is 19.6. The lowest BCUT2D eigenvalue weighted by Crippen LogP contribution is -2.22. The number of aromatic carboxylic acids is 1. The quantitative estimate of drug-likeness (QED) is 0.625. The smallest absolute Gasteiger partial charge is 0.335 e. The van der Waals surface area contributed by atoms with Crippen LogP contribution >= 0.6 is 0 Å². The number of anilines is 1. The molecule has 2 rings (SSSR count). The van der Waals surface area contributed by atoms with Crippen LogP contribution in [0.25, 0.3) is 0 Å². The van der Waals surface area contributed by atoms with E-state index in [0.29, 0.717) is 5.56 Å². The first kappa shape index (κ1) is 9.02. The predicted octanol–water partition coefficient (Wildman–Crippen LogP) is 1.20. The summed E-state index contributed by atoms with van der Waals surface area (Å²) >= 11 is 0. The van der Waals surface area contributed by atoms with E-state index in [1.165, 1.54) is 0 Å². The second kappa shape index (κ2) is 3.31. The zero-order chi connectivity index (χ0) is 10.1. The van der Waals surface area contributed by atoms with E-state index in [1.54, 1.807) is 18.2 Å². The van der Waals surface area contributed by atoms with Gasteiger partial charge in [-0.1, -0.05) is 0 Å². The van der Waals surface area contributed by atoms with Gasteiger partial charge in [-0.05, 0) is 30.2 Å². The molecule has 0 amide bonds. The fourth-order valence-corrected chi connectivity index (χ4v) is 1.68. The van der Waals surface area contributed by atoms with Crippen molar-refractivity contribution in [1.82, 2.24) is 0 Å². The lowest BCUT2D eigenvalue weighted by atomic mass is 9.97. The zero-order valence-electron chi connectivity index (χ0n) is 7.66. The van der Waals surface area contributed by atoms with Crippen molar-refractivity contribution in [2.45, 2.75) is 12.5 Å². The van der Waals surface area contributed by atoms with Crippen molar-refractivity contribution in [3.63, 3.8) is 0 Å². The number of nitrogens with one attached hydrogen (secondary N) is 1. The van der Waals surface area contributed by atoms with Gasteiger partial charge in [0.25, 0.3) is 0 Å². The highest BCUT2D eigenvalue weighted by Gasteiger charge is 2.17. The Morgan fingerprint density at radius 1 is 1.57 bits per heavy atom. The van der Waals surface area contributed by atoms with Crippen LogP contribution in [-0.2, 0) is 0 Å². The first-order valence-electron chi connectivity index (χ1n) is 4.55. The topological polar surface area (TPSA) is 75.3 Å². The minimum Gasteiger partial charge on any atom is -0.478 e. The van der Waals surface area contributed by atoms with E-state index in [2.05, 4.69) is 5.32 Å². The van der Waals surface area contributed by atoms with E-state index in [4.69, 9.17) is 10.8 Å². The largest absolute Gasteiger partial charge is 0.478 e. The lowest BCUT2D eigenvalue weighted by molar-refractivity contribution is 0.0697. The molecule has 0 saturated heterocycles. The van der Waals surface area contributed by atoms with Gasteiger partial charge in [0.15, 0.2) is 0 Å². The minimum atomic E-state index is -0.912. The number of hydrogen-bond donors (Lipinski definition) is 3. The summed E-state index contributed by atoms with van der Waals surface area (Å²) in [5.41, 5.74) is 8.03. The average Bonchev–Trinajstić information content (AvgIpc) is 2.18. The van der Waals surface area contributed by atoms with E-state index in [1.807, 2.05) is 0 Å². The molecular weight excluding hydrogens is 180 g/mol. The summed E-state index contributed by atoms with van der Waals surface area (Å²) in [6.07, 6.45) is 0.843. The molecule has 1 atom stereocenters. The Labute approximate surface area is 81.7 Å². The van der Waals surface area contributed by atoms with Crippen molar-refractivity contribution >= 4 is 11.7 Å². The molecule has 1 aliphatic heterocycles. The Morgan fingerprint density at radius 2 is 2.36 bits per heavy atom. The summed E-state index contributed by atoms with van der Waals surface area (Å²) in [6.45, 7) is 0.848.